The van der Waals surface area contributed by atoms with Crippen molar-refractivity contribution in [1.82, 2.24) is 24.5 Å². The SMILES string of the molecule is c1ccc(-c2nc(-c3ccc4ccc5oc6ccc7nc(-c8ccccc8)oc7c6c5c4c3)nc(-c3ccc4c(c3)c3ccccc3n4-c3ccccc3)n2)cc1. The second-order valence-corrected chi connectivity index (χ2v) is 14.2. The van der Waals surface area contributed by atoms with E-state index in [0.29, 0.717) is 28.9 Å². The van der Waals surface area contributed by atoms with Crippen LogP contribution in [-0.4, -0.2) is 24.5 Å². The Morgan fingerprint density at radius 3 is 1.74 bits per heavy atom. The Balaban J connectivity index is 1.07. The first kappa shape index (κ1) is 31.5. The number of hydrogen-bond acceptors (Lipinski definition) is 6. The molecule has 0 atom stereocenters. The molecule has 57 heavy (non-hydrogen) atoms. The molecule has 0 bridgehead atoms. The minimum atomic E-state index is 0.572. The van der Waals surface area contributed by atoms with Gasteiger partial charge >= 0.3 is 0 Å². The average Bonchev–Trinajstić information content (AvgIpc) is 3.99. The lowest BCUT2D eigenvalue weighted by Gasteiger charge is -2.10. The lowest BCUT2D eigenvalue weighted by Crippen LogP contribution is -2.00. The van der Waals surface area contributed by atoms with Crippen LogP contribution in [0, 0.1) is 0 Å². The van der Waals surface area contributed by atoms with Crippen LogP contribution in [0.25, 0.3) is 117 Å². The largest absolute Gasteiger partial charge is 0.456 e. The first-order valence-corrected chi connectivity index (χ1v) is 18.9. The Labute approximate surface area is 325 Å². The fourth-order valence-corrected chi connectivity index (χ4v) is 8.22. The Hall–Kier alpha value is -7.90. The standard InChI is InChI=1S/C50H29N5O2/c1-4-12-31(13-5-1)47-52-48(54-49(53-47)34-22-25-41-38(29-34)36-18-10-11-19-40(36)55(41)35-16-8-3-9-17-35)33-21-20-30-23-26-42-44(37(30)28-33)45-43(56-42)27-24-39-46(45)57-50(51-39)32-14-6-2-7-15-32/h1-29H. The van der Waals surface area contributed by atoms with Crippen molar-refractivity contribution in [3.05, 3.63) is 176 Å². The molecule has 0 radical (unpaired) electrons. The van der Waals surface area contributed by atoms with Gasteiger partial charge in [-0.25, -0.2) is 19.9 Å². The smallest absolute Gasteiger partial charge is 0.227 e. The molecule has 0 aliphatic carbocycles. The molecule has 7 nitrogen and oxygen atoms in total. The van der Waals surface area contributed by atoms with E-state index >= 15 is 0 Å². The van der Waals surface area contributed by atoms with E-state index in [2.05, 4.69) is 95.6 Å². The summed E-state index contributed by atoms with van der Waals surface area (Å²) in [6, 6.07) is 60.0. The molecule has 0 N–H and O–H groups in total. The van der Waals surface area contributed by atoms with Crippen molar-refractivity contribution in [1.29, 1.82) is 0 Å². The van der Waals surface area contributed by atoms with Crippen molar-refractivity contribution in [2.75, 3.05) is 0 Å². The van der Waals surface area contributed by atoms with Gasteiger partial charge in [-0.1, -0.05) is 103 Å². The van der Waals surface area contributed by atoms with Crippen molar-refractivity contribution in [2.45, 2.75) is 0 Å². The normalized spacial score (nSPS) is 11.9. The van der Waals surface area contributed by atoms with Crippen molar-refractivity contribution < 1.29 is 8.83 Å². The molecule has 0 saturated heterocycles. The Kier molecular flexibility index (Phi) is 6.79. The summed E-state index contributed by atoms with van der Waals surface area (Å²) in [5, 5.41) is 6.22. The molecular formula is C50H29N5O2. The van der Waals surface area contributed by atoms with Crippen LogP contribution >= 0.6 is 0 Å². The van der Waals surface area contributed by atoms with E-state index in [0.717, 1.165) is 82.6 Å². The van der Waals surface area contributed by atoms with Crippen LogP contribution in [-0.2, 0) is 0 Å². The zero-order valence-electron chi connectivity index (χ0n) is 30.3. The molecule has 0 aliphatic heterocycles. The summed E-state index contributed by atoms with van der Waals surface area (Å²) in [6.45, 7) is 0. The van der Waals surface area contributed by atoms with Gasteiger partial charge in [0, 0.05) is 44.1 Å². The van der Waals surface area contributed by atoms with Crippen LogP contribution < -0.4 is 0 Å². The topological polar surface area (TPSA) is 82.8 Å². The predicted molar refractivity (Wildman–Crippen MR) is 228 cm³/mol. The molecule has 266 valence electrons. The number of hydrogen-bond donors (Lipinski definition) is 0. The van der Waals surface area contributed by atoms with E-state index < -0.39 is 0 Å². The van der Waals surface area contributed by atoms with Gasteiger partial charge in [-0.3, -0.25) is 0 Å². The fraction of sp³-hybridized carbons (Fsp3) is 0. The first-order valence-electron chi connectivity index (χ1n) is 18.9. The van der Waals surface area contributed by atoms with E-state index in [9.17, 15) is 0 Å². The number of fused-ring (bicyclic) bond motifs is 10. The fourth-order valence-electron chi connectivity index (χ4n) is 8.22. The highest BCUT2D eigenvalue weighted by molar-refractivity contribution is 6.25. The lowest BCUT2D eigenvalue weighted by molar-refractivity contribution is 0.622. The van der Waals surface area contributed by atoms with Crippen molar-refractivity contribution in [2.24, 2.45) is 0 Å². The molecule has 0 saturated carbocycles. The predicted octanol–water partition coefficient (Wildman–Crippen LogP) is 12.8. The number of aromatic nitrogens is 5. The number of nitrogens with zero attached hydrogens (tertiary/aromatic N) is 5. The number of benzene rings is 8. The van der Waals surface area contributed by atoms with E-state index in [1.165, 1.54) is 5.39 Å². The molecule has 0 spiro atoms. The van der Waals surface area contributed by atoms with Crippen LogP contribution in [0.1, 0.15) is 0 Å². The highest BCUT2D eigenvalue weighted by Crippen LogP contribution is 2.41. The van der Waals surface area contributed by atoms with Gasteiger partial charge in [0.15, 0.2) is 23.1 Å². The van der Waals surface area contributed by atoms with Gasteiger partial charge in [-0.05, 0) is 83.6 Å². The van der Waals surface area contributed by atoms with Crippen molar-refractivity contribution >= 4 is 65.6 Å². The van der Waals surface area contributed by atoms with E-state index in [1.807, 2.05) is 84.9 Å². The monoisotopic (exact) mass is 731 g/mol. The first-order chi connectivity index (χ1) is 28.2. The molecule has 0 fully saturated rings. The summed E-state index contributed by atoms with van der Waals surface area (Å²) in [7, 11) is 0. The molecule has 4 aromatic heterocycles. The Morgan fingerprint density at radius 1 is 0.386 bits per heavy atom. The van der Waals surface area contributed by atoms with Crippen molar-refractivity contribution in [3.63, 3.8) is 0 Å². The van der Waals surface area contributed by atoms with Crippen LogP contribution in [0.15, 0.2) is 185 Å². The minimum Gasteiger partial charge on any atom is -0.456 e. The highest BCUT2D eigenvalue weighted by Gasteiger charge is 2.20. The molecule has 12 rings (SSSR count). The maximum Gasteiger partial charge on any atom is 0.227 e. The average molecular weight is 732 g/mol. The molecule has 7 heteroatoms. The van der Waals surface area contributed by atoms with Gasteiger partial charge in [-0.15, -0.1) is 0 Å². The number of para-hydroxylation sites is 2. The molecule has 4 heterocycles. The number of rotatable bonds is 5. The lowest BCUT2D eigenvalue weighted by atomic mass is 10.0. The summed E-state index contributed by atoms with van der Waals surface area (Å²) < 4.78 is 15.3. The Morgan fingerprint density at radius 2 is 0.965 bits per heavy atom. The summed E-state index contributed by atoms with van der Waals surface area (Å²) in [6.07, 6.45) is 0. The summed E-state index contributed by atoms with van der Waals surface area (Å²) in [5.74, 6) is 2.35. The second kappa shape index (κ2) is 12.3. The second-order valence-electron chi connectivity index (χ2n) is 14.2. The number of furan rings is 1. The highest BCUT2D eigenvalue weighted by atomic mass is 16.4. The van der Waals surface area contributed by atoms with Gasteiger partial charge in [0.2, 0.25) is 5.89 Å². The molecule has 0 amide bonds. The summed E-state index contributed by atoms with van der Waals surface area (Å²) >= 11 is 0. The van der Waals surface area contributed by atoms with Crippen LogP contribution in [0.2, 0.25) is 0 Å². The zero-order chi connectivity index (χ0) is 37.5. The third-order valence-corrected chi connectivity index (χ3v) is 10.9. The Bertz CT molecular complexity index is 3510. The third kappa shape index (κ3) is 4.99. The van der Waals surface area contributed by atoms with Gasteiger partial charge in [0.05, 0.1) is 16.4 Å². The van der Waals surface area contributed by atoms with Gasteiger partial charge in [0.25, 0.3) is 0 Å². The van der Waals surface area contributed by atoms with E-state index in [4.69, 9.17) is 28.8 Å². The van der Waals surface area contributed by atoms with Gasteiger partial charge in [0.1, 0.15) is 16.7 Å². The van der Waals surface area contributed by atoms with Crippen LogP contribution in [0.3, 0.4) is 0 Å². The molecular weight excluding hydrogens is 703 g/mol. The van der Waals surface area contributed by atoms with Crippen molar-refractivity contribution in [3.8, 4) is 51.3 Å². The third-order valence-electron chi connectivity index (χ3n) is 10.9. The van der Waals surface area contributed by atoms with E-state index in [-0.39, 0.29) is 0 Å². The molecule has 8 aromatic carbocycles. The quantitative estimate of drug-likeness (QED) is 0.175. The van der Waals surface area contributed by atoms with Crippen LogP contribution in [0.5, 0.6) is 0 Å². The summed E-state index contributed by atoms with van der Waals surface area (Å²) in [4.78, 5) is 20.2. The van der Waals surface area contributed by atoms with E-state index in [1.54, 1.807) is 0 Å². The summed E-state index contributed by atoms with van der Waals surface area (Å²) in [5.41, 5.74) is 9.95. The maximum atomic E-state index is 6.51. The number of oxazole rings is 1. The molecule has 0 unspecified atom stereocenters. The van der Waals surface area contributed by atoms with Crippen LogP contribution in [0.4, 0.5) is 0 Å². The maximum absolute atomic E-state index is 6.51. The zero-order valence-corrected chi connectivity index (χ0v) is 30.3. The molecule has 12 aromatic rings. The van der Waals surface area contributed by atoms with Gasteiger partial charge < -0.3 is 13.4 Å². The van der Waals surface area contributed by atoms with Gasteiger partial charge in [-0.2, -0.15) is 0 Å². The minimum absolute atomic E-state index is 0.572. The molecule has 0 aliphatic rings.